The minimum absolute atomic E-state index is 0.102. The Hall–Kier alpha value is -2.21. The van der Waals surface area contributed by atoms with Crippen LogP contribution in [0.25, 0.3) is 0 Å². The lowest BCUT2D eigenvalue weighted by Crippen LogP contribution is -2.25. The van der Waals surface area contributed by atoms with Gasteiger partial charge in [0.05, 0.1) is 19.2 Å². The van der Waals surface area contributed by atoms with E-state index < -0.39 is 0 Å². The fraction of sp³-hybridized carbons (Fsp3) is 0.353. The number of fused-ring (bicyclic) bond motifs is 1. The van der Waals surface area contributed by atoms with E-state index in [4.69, 9.17) is 0 Å². The van der Waals surface area contributed by atoms with Gasteiger partial charge < -0.3 is 20.5 Å². The molecule has 5 nitrogen and oxygen atoms in total. The number of hydrogen-bond acceptors (Lipinski definition) is 3. The summed E-state index contributed by atoms with van der Waals surface area (Å²) in [6.07, 6.45) is 0.964. The van der Waals surface area contributed by atoms with Gasteiger partial charge in [-0.1, -0.05) is 19.0 Å². The minimum atomic E-state index is -0.102. The zero-order chi connectivity index (χ0) is 16.8. The van der Waals surface area contributed by atoms with Crippen LogP contribution in [0.5, 0.6) is 0 Å². The summed E-state index contributed by atoms with van der Waals surface area (Å²) in [5.41, 5.74) is 4.72. The molecule has 0 saturated heterocycles. The van der Waals surface area contributed by atoms with Gasteiger partial charge in [0.2, 0.25) is 0 Å². The van der Waals surface area contributed by atoms with Crippen molar-refractivity contribution in [1.29, 1.82) is 0 Å². The topological polar surface area (TPSA) is 60.2 Å². The van der Waals surface area contributed by atoms with Gasteiger partial charge in [0.1, 0.15) is 5.69 Å². The molecule has 3 N–H and O–H groups in total. The number of carbonyl (C=O) groups is 1. The number of para-hydroxylation sites is 2. The van der Waals surface area contributed by atoms with E-state index in [0.29, 0.717) is 5.69 Å². The van der Waals surface area contributed by atoms with Crippen molar-refractivity contribution >= 4 is 25.1 Å². The van der Waals surface area contributed by atoms with Crippen molar-refractivity contribution in [3.8, 4) is 0 Å². The Balaban J connectivity index is 0.000000924. The number of likely N-dealkylation sites (N-methyl/N-ethyl adjacent to an activating group) is 1. The molecule has 23 heavy (non-hydrogen) atoms. The summed E-state index contributed by atoms with van der Waals surface area (Å²) >= 11 is 0. The number of nitrogens with zero attached hydrogens (tertiary/aromatic N) is 1. The van der Waals surface area contributed by atoms with Gasteiger partial charge in [0.15, 0.2) is 0 Å². The van der Waals surface area contributed by atoms with Crippen molar-refractivity contribution in [2.75, 3.05) is 31.3 Å². The minimum Gasteiger partial charge on any atom is -0.386 e. The van der Waals surface area contributed by atoms with Crippen molar-refractivity contribution < 1.29 is 4.79 Å². The first-order chi connectivity index (χ1) is 11.2. The Morgan fingerprint density at radius 2 is 1.96 bits per heavy atom. The van der Waals surface area contributed by atoms with Gasteiger partial charge in [-0.15, -0.1) is 0 Å². The third kappa shape index (κ3) is 3.96. The smallest absolute Gasteiger partial charge is 0.272 e. The molecule has 0 fully saturated rings. The Kier molecular flexibility index (Phi) is 5.87. The summed E-state index contributed by atoms with van der Waals surface area (Å²) in [5.74, 6) is -0.102. The quantitative estimate of drug-likeness (QED) is 0.763. The predicted octanol–water partition coefficient (Wildman–Crippen LogP) is 2.50. The van der Waals surface area contributed by atoms with Crippen LogP contribution in [0.2, 0.25) is 6.82 Å². The third-order valence-electron chi connectivity index (χ3n) is 3.86. The van der Waals surface area contributed by atoms with Gasteiger partial charge in [-0.2, -0.15) is 0 Å². The Bertz CT molecular complexity index is 668. The second-order valence-corrected chi connectivity index (χ2v) is 5.42. The Morgan fingerprint density at radius 3 is 2.65 bits per heavy atom. The van der Waals surface area contributed by atoms with Crippen LogP contribution in [0, 0.1) is 0 Å². The molecule has 1 aromatic heterocycles. The number of anilines is 2. The largest absolute Gasteiger partial charge is 0.386 e. The zero-order valence-electron chi connectivity index (χ0n) is 13.9. The first-order valence-electron chi connectivity index (χ1n) is 7.72. The summed E-state index contributed by atoms with van der Waals surface area (Å²) in [6, 6.07) is 9.63. The highest BCUT2D eigenvalue weighted by molar-refractivity contribution is 6.05. The van der Waals surface area contributed by atoms with E-state index in [-0.39, 0.29) is 5.91 Å². The number of nitrogens with one attached hydrogen (secondary N) is 3. The molecule has 1 amide bonds. The summed E-state index contributed by atoms with van der Waals surface area (Å²) in [6.45, 7) is 3.42. The van der Waals surface area contributed by atoms with Crippen molar-refractivity contribution in [2.45, 2.75) is 19.8 Å². The van der Waals surface area contributed by atoms with Gasteiger partial charge in [0, 0.05) is 32.3 Å². The molecule has 6 heteroatoms. The summed E-state index contributed by atoms with van der Waals surface area (Å²) in [7, 11) is 8.44. The molecule has 2 heterocycles. The predicted molar refractivity (Wildman–Crippen MR) is 96.4 cm³/mol. The van der Waals surface area contributed by atoms with Crippen LogP contribution < -0.4 is 10.6 Å². The molecule has 1 aromatic carbocycles. The molecule has 2 radical (unpaired) electrons. The van der Waals surface area contributed by atoms with E-state index in [2.05, 4.69) is 35.4 Å². The maximum atomic E-state index is 12.4. The number of H-pyrrole nitrogens is 1. The number of benzene rings is 1. The highest BCUT2D eigenvalue weighted by atomic mass is 16.1. The summed E-state index contributed by atoms with van der Waals surface area (Å²) < 4.78 is 0. The molecule has 120 valence electrons. The number of hydrogen-bond donors (Lipinski definition) is 3. The van der Waals surface area contributed by atoms with Gasteiger partial charge in [-0.25, -0.2) is 0 Å². The molecule has 0 unspecified atom stereocenters. The van der Waals surface area contributed by atoms with E-state index in [0.717, 1.165) is 30.9 Å². The lowest BCUT2D eigenvalue weighted by Gasteiger charge is -2.21. The zero-order valence-corrected chi connectivity index (χ0v) is 13.9. The molecular weight excluding hydrogens is 287 g/mol. The SMILES string of the molecule is CNc1ccccc1NC(=O)c1cc2c([nH]1)CCN(C)C2.[B]C. The number of aromatic nitrogens is 1. The number of amides is 1. The Labute approximate surface area is 138 Å². The number of carbonyl (C=O) groups excluding carboxylic acids is 1. The number of aromatic amines is 1. The standard InChI is InChI=1S/C16H20N4O.CH3B/c1-17-13-5-3-4-6-14(13)19-16(21)15-9-11-10-20(2)8-7-12(11)18-15;1-2/h3-6,9,17-18H,7-8,10H2,1-2H3,(H,19,21);1H3. The van der Waals surface area contributed by atoms with Gasteiger partial charge in [-0.05, 0) is 30.8 Å². The van der Waals surface area contributed by atoms with Crippen LogP contribution in [0.1, 0.15) is 21.7 Å². The number of rotatable bonds is 3. The highest BCUT2D eigenvalue weighted by Crippen LogP contribution is 2.23. The van der Waals surface area contributed by atoms with E-state index in [1.165, 1.54) is 18.1 Å². The van der Waals surface area contributed by atoms with E-state index >= 15 is 0 Å². The van der Waals surface area contributed by atoms with Gasteiger partial charge in [-0.3, -0.25) is 4.79 Å². The van der Waals surface area contributed by atoms with Crippen molar-refractivity contribution in [3.05, 3.63) is 47.3 Å². The van der Waals surface area contributed by atoms with E-state index in [1.54, 1.807) is 0 Å². The Morgan fingerprint density at radius 1 is 1.26 bits per heavy atom. The van der Waals surface area contributed by atoms with Crippen LogP contribution in [0.3, 0.4) is 0 Å². The fourth-order valence-electron chi connectivity index (χ4n) is 2.70. The van der Waals surface area contributed by atoms with Crippen molar-refractivity contribution in [2.24, 2.45) is 0 Å². The van der Waals surface area contributed by atoms with Gasteiger partial charge >= 0.3 is 0 Å². The van der Waals surface area contributed by atoms with Crippen LogP contribution in [0.4, 0.5) is 11.4 Å². The average molecular weight is 310 g/mol. The molecule has 0 bridgehead atoms. The second kappa shape index (κ2) is 7.88. The van der Waals surface area contributed by atoms with E-state index in [1.807, 2.05) is 37.4 Å². The molecule has 0 aliphatic carbocycles. The van der Waals surface area contributed by atoms with Crippen LogP contribution in [0.15, 0.2) is 30.3 Å². The highest BCUT2D eigenvalue weighted by Gasteiger charge is 2.19. The summed E-state index contributed by atoms with van der Waals surface area (Å²) in [5, 5.41) is 6.03. The lowest BCUT2D eigenvalue weighted by molar-refractivity contribution is 0.102. The first-order valence-corrected chi connectivity index (χ1v) is 7.72. The molecule has 0 atom stereocenters. The average Bonchev–Trinajstić information content (AvgIpc) is 3.00. The molecule has 1 aliphatic rings. The van der Waals surface area contributed by atoms with Crippen molar-refractivity contribution in [1.82, 2.24) is 9.88 Å². The summed E-state index contributed by atoms with van der Waals surface area (Å²) in [4.78, 5) is 17.9. The molecule has 3 rings (SSSR count). The lowest BCUT2D eigenvalue weighted by atomic mass is 10.1. The van der Waals surface area contributed by atoms with Crippen LogP contribution in [-0.2, 0) is 13.0 Å². The maximum Gasteiger partial charge on any atom is 0.272 e. The first kappa shape index (κ1) is 17.2. The third-order valence-corrected chi connectivity index (χ3v) is 3.86. The second-order valence-electron chi connectivity index (χ2n) is 5.42. The monoisotopic (exact) mass is 310 g/mol. The van der Waals surface area contributed by atoms with Gasteiger partial charge in [0.25, 0.3) is 5.91 Å². The molecule has 1 aliphatic heterocycles. The molecule has 0 saturated carbocycles. The van der Waals surface area contributed by atoms with Crippen LogP contribution in [-0.4, -0.2) is 44.3 Å². The van der Waals surface area contributed by atoms with Crippen molar-refractivity contribution in [3.63, 3.8) is 0 Å². The molecular formula is C17H23BN4O. The van der Waals surface area contributed by atoms with Crippen LogP contribution >= 0.6 is 0 Å². The normalized spacial score (nSPS) is 13.5. The molecule has 0 spiro atoms. The van der Waals surface area contributed by atoms with E-state index in [9.17, 15) is 4.79 Å². The maximum absolute atomic E-state index is 12.4. The molecule has 2 aromatic rings. The fourth-order valence-corrected chi connectivity index (χ4v) is 2.70.